The van der Waals surface area contributed by atoms with Crippen molar-refractivity contribution in [1.29, 1.82) is 0 Å². The van der Waals surface area contributed by atoms with Crippen molar-refractivity contribution in [2.45, 2.75) is 13.8 Å². The van der Waals surface area contributed by atoms with Crippen LogP contribution in [0.2, 0.25) is 0 Å². The van der Waals surface area contributed by atoms with E-state index in [0.717, 1.165) is 32.0 Å². The minimum atomic E-state index is -0.660. The monoisotopic (exact) mass is 431 g/mol. The van der Waals surface area contributed by atoms with Crippen molar-refractivity contribution in [3.8, 4) is 5.69 Å². The van der Waals surface area contributed by atoms with Crippen molar-refractivity contribution >= 4 is 39.9 Å². The van der Waals surface area contributed by atoms with Gasteiger partial charge in [-0.1, -0.05) is 22.0 Å². The summed E-state index contributed by atoms with van der Waals surface area (Å²) in [4.78, 5) is 36.6. The molecule has 1 aromatic carbocycles. The summed E-state index contributed by atoms with van der Waals surface area (Å²) in [5.41, 5.74) is 3.82. The van der Waals surface area contributed by atoms with Crippen LogP contribution in [0, 0.1) is 13.8 Å². The Balaban J connectivity index is 1.94. The molecule has 0 saturated carbocycles. The van der Waals surface area contributed by atoms with Gasteiger partial charge in [-0.25, -0.2) is 9.69 Å². The Hall–Kier alpha value is -2.87. The third-order valence-corrected chi connectivity index (χ3v) is 4.81. The normalized spacial score (nSPS) is 15.4. The highest BCUT2D eigenvalue weighted by atomic mass is 79.9. The van der Waals surface area contributed by atoms with Crippen molar-refractivity contribution in [1.82, 2.24) is 14.8 Å². The number of nitrogens with one attached hydrogen (secondary N) is 1. The van der Waals surface area contributed by atoms with E-state index < -0.39 is 24.5 Å². The number of carbonyl (C=O) groups is 3. The summed E-state index contributed by atoms with van der Waals surface area (Å²) in [7, 11) is 1.20. The van der Waals surface area contributed by atoms with Gasteiger partial charge in [-0.15, -0.1) is 0 Å². The summed E-state index contributed by atoms with van der Waals surface area (Å²) < 4.78 is 7.54. The van der Waals surface area contributed by atoms with Gasteiger partial charge in [-0.3, -0.25) is 9.59 Å². The van der Waals surface area contributed by atoms with Crippen LogP contribution in [-0.4, -0.2) is 41.0 Å². The number of hydrogen-bond acceptors (Lipinski definition) is 4. The maximum absolute atomic E-state index is 12.4. The lowest BCUT2D eigenvalue weighted by atomic mass is 10.2. The highest BCUT2D eigenvalue weighted by Crippen LogP contribution is 2.25. The predicted molar refractivity (Wildman–Crippen MR) is 103 cm³/mol. The molecule has 0 spiro atoms. The molecule has 0 atom stereocenters. The number of methoxy groups -OCH3 is 1. The lowest BCUT2D eigenvalue weighted by molar-refractivity contribution is -0.143. The average molecular weight is 432 g/mol. The molecule has 0 unspecified atom stereocenters. The molecular formula is C19H18BrN3O4. The Morgan fingerprint density at radius 2 is 2.00 bits per heavy atom. The molecule has 3 rings (SSSR count). The molecule has 1 saturated heterocycles. The Bertz CT molecular complexity index is 977. The number of carbonyl (C=O) groups excluding carboxylic acids is 3. The number of aromatic nitrogens is 1. The molecule has 1 aliphatic heterocycles. The van der Waals surface area contributed by atoms with Crippen molar-refractivity contribution in [2.24, 2.45) is 0 Å². The SMILES string of the molecule is COC(=O)CN1C(=O)N/C(=C/c2cc(C)n(-c3cccc(Br)c3)c2C)C1=O. The second kappa shape index (κ2) is 7.40. The molecule has 2 heterocycles. The van der Waals surface area contributed by atoms with Gasteiger partial charge in [0.2, 0.25) is 0 Å². The van der Waals surface area contributed by atoms with Gasteiger partial charge in [0.1, 0.15) is 12.2 Å². The van der Waals surface area contributed by atoms with E-state index in [1.807, 2.05) is 44.2 Å². The number of benzene rings is 1. The lowest BCUT2D eigenvalue weighted by Crippen LogP contribution is -2.36. The number of nitrogens with zero attached hydrogens (tertiary/aromatic N) is 2. The largest absolute Gasteiger partial charge is 0.468 e. The molecule has 0 radical (unpaired) electrons. The zero-order valence-corrected chi connectivity index (χ0v) is 16.7. The second-order valence-electron chi connectivity index (χ2n) is 6.10. The highest BCUT2D eigenvalue weighted by molar-refractivity contribution is 9.10. The molecule has 0 aliphatic carbocycles. The van der Waals surface area contributed by atoms with Gasteiger partial charge >= 0.3 is 12.0 Å². The molecule has 2 aromatic rings. The van der Waals surface area contributed by atoms with Crippen LogP contribution in [0.4, 0.5) is 4.79 Å². The van der Waals surface area contributed by atoms with Crippen LogP contribution in [0.25, 0.3) is 11.8 Å². The van der Waals surface area contributed by atoms with Crippen LogP contribution in [0.3, 0.4) is 0 Å². The molecule has 1 N–H and O–H groups in total. The molecule has 7 nitrogen and oxygen atoms in total. The summed E-state index contributed by atoms with van der Waals surface area (Å²) in [6, 6.07) is 9.17. The lowest BCUT2D eigenvalue weighted by Gasteiger charge is -2.10. The Morgan fingerprint density at radius 3 is 2.67 bits per heavy atom. The number of urea groups is 1. The third kappa shape index (κ3) is 3.66. The van der Waals surface area contributed by atoms with E-state index in [2.05, 4.69) is 30.6 Å². The van der Waals surface area contributed by atoms with Crippen molar-refractivity contribution < 1.29 is 19.1 Å². The minimum absolute atomic E-state index is 0.124. The van der Waals surface area contributed by atoms with E-state index >= 15 is 0 Å². The van der Waals surface area contributed by atoms with Crippen LogP contribution >= 0.6 is 15.9 Å². The van der Waals surface area contributed by atoms with Gasteiger partial charge in [0, 0.05) is 21.5 Å². The van der Waals surface area contributed by atoms with E-state index in [9.17, 15) is 14.4 Å². The zero-order valence-electron chi connectivity index (χ0n) is 15.1. The van der Waals surface area contributed by atoms with Crippen LogP contribution in [-0.2, 0) is 14.3 Å². The van der Waals surface area contributed by atoms with E-state index in [1.54, 1.807) is 6.08 Å². The smallest absolute Gasteiger partial charge is 0.329 e. The van der Waals surface area contributed by atoms with Crippen LogP contribution in [0.5, 0.6) is 0 Å². The van der Waals surface area contributed by atoms with Gasteiger partial charge in [0.25, 0.3) is 5.91 Å². The molecule has 1 aromatic heterocycles. The first kappa shape index (κ1) is 18.9. The van der Waals surface area contributed by atoms with Gasteiger partial charge < -0.3 is 14.6 Å². The maximum Gasteiger partial charge on any atom is 0.329 e. The molecule has 1 aliphatic rings. The maximum atomic E-state index is 12.4. The highest BCUT2D eigenvalue weighted by Gasteiger charge is 2.35. The first-order chi connectivity index (χ1) is 12.8. The molecule has 140 valence electrons. The minimum Gasteiger partial charge on any atom is -0.468 e. The first-order valence-corrected chi connectivity index (χ1v) is 8.97. The second-order valence-corrected chi connectivity index (χ2v) is 7.01. The summed E-state index contributed by atoms with van der Waals surface area (Å²) in [6.07, 6.45) is 1.62. The van der Waals surface area contributed by atoms with E-state index in [-0.39, 0.29) is 5.70 Å². The third-order valence-electron chi connectivity index (χ3n) is 4.31. The van der Waals surface area contributed by atoms with Crippen molar-refractivity contribution in [3.63, 3.8) is 0 Å². The summed E-state index contributed by atoms with van der Waals surface area (Å²) >= 11 is 3.47. The first-order valence-electron chi connectivity index (χ1n) is 8.18. The fourth-order valence-electron chi connectivity index (χ4n) is 3.01. The van der Waals surface area contributed by atoms with Crippen molar-refractivity contribution in [2.75, 3.05) is 13.7 Å². The number of amides is 3. The topological polar surface area (TPSA) is 80.6 Å². The molecule has 8 heteroatoms. The number of rotatable bonds is 4. The molecule has 3 amide bonds. The predicted octanol–water partition coefficient (Wildman–Crippen LogP) is 2.92. The van der Waals surface area contributed by atoms with Crippen molar-refractivity contribution in [3.05, 3.63) is 57.5 Å². The summed E-state index contributed by atoms with van der Waals surface area (Å²) in [6.45, 7) is 3.48. The van der Waals surface area contributed by atoms with Crippen LogP contribution in [0.1, 0.15) is 17.0 Å². The van der Waals surface area contributed by atoms with Gasteiger partial charge in [-0.05, 0) is 49.8 Å². The van der Waals surface area contributed by atoms with E-state index in [1.165, 1.54) is 7.11 Å². The summed E-state index contributed by atoms with van der Waals surface area (Å²) in [5.74, 6) is -1.22. The van der Waals surface area contributed by atoms with E-state index in [4.69, 9.17) is 0 Å². The molecule has 27 heavy (non-hydrogen) atoms. The summed E-state index contributed by atoms with van der Waals surface area (Å²) in [5, 5.41) is 2.51. The van der Waals surface area contributed by atoms with Gasteiger partial charge in [0.15, 0.2) is 0 Å². The Morgan fingerprint density at radius 1 is 1.26 bits per heavy atom. The van der Waals surface area contributed by atoms with Crippen LogP contribution in [0.15, 0.2) is 40.5 Å². The molecule has 1 fully saturated rings. The quantitative estimate of drug-likeness (QED) is 0.458. The number of ether oxygens (including phenoxy) is 1. The number of imide groups is 1. The van der Waals surface area contributed by atoms with Crippen LogP contribution < -0.4 is 5.32 Å². The Kier molecular flexibility index (Phi) is 5.18. The van der Waals surface area contributed by atoms with Gasteiger partial charge in [0.05, 0.1) is 7.11 Å². The number of aryl methyl sites for hydroxylation is 1. The fraction of sp³-hybridized carbons (Fsp3) is 0.211. The fourth-order valence-corrected chi connectivity index (χ4v) is 3.40. The standard InChI is InChI=1S/C19H18BrN3O4/c1-11-7-13(12(2)23(11)15-6-4-5-14(20)9-15)8-16-18(25)22(19(26)21-16)10-17(24)27-3/h4-9H,10H2,1-3H3,(H,21,26)/b16-8+. The molecular weight excluding hydrogens is 414 g/mol. The number of hydrogen-bond donors (Lipinski definition) is 1. The van der Waals surface area contributed by atoms with E-state index in [0.29, 0.717) is 0 Å². The number of esters is 1. The number of halogens is 1. The average Bonchev–Trinajstić information content (AvgIpc) is 3.05. The Labute approximate surface area is 164 Å². The molecule has 0 bridgehead atoms. The zero-order chi connectivity index (χ0) is 19.7. The van der Waals surface area contributed by atoms with Gasteiger partial charge in [-0.2, -0.15) is 0 Å².